The summed E-state index contributed by atoms with van der Waals surface area (Å²) in [6.45, 7) is 5.42. The summed E-state index contributed by atoms with van der Waals surface area (Å²) in [5.41, 5.74) is 0. The van der Waals surface area contributed by atoms with Gasteiger partial charge in [0.1, 0.15) is 0 Å². The van der Waals surface area contributed by atoms with E-state index in [-0.39, 0.29) is 12.2 Å². The Balaban J connectivity index is 1.83. The van der Waals surface area contributed by atoms with Crippen LogP contribution in [0.4, 0.5) is 0 Å². The van der Waals surface area contributed by atoms with Gasteiger partial charge < -0.3 is 28.4 Å². The van der Waals surface area contributed by atoms with E-state index in [1.807, 2.05) is 0 Å². The van der Waals surface area contributed by atoms with Crippen LogP contribution < -0.4 is 0 Å². The first-order valence-electron chi connectivity index (χ1n) is 9.07. The Morgan fingerprint density at radius 1 is 0.769 bits per heavy atom. The quantitative estimate of drug-likeness (QED) is 0.776. The third kappa shape index (κ3) is 9.66. The summed E-state index contributed by atoms with van der Waals surface area (Å²) in [6, 6.07) is 4.17. The molecule has 0 aromatic carbocycles. The lowest BCUT2D eigenvalue weighted by atomic mass is 10.1. The first kappa shape index (κ1) is 22.1. The molecule has 1 aromatic rings. The minimum absolute atomic E-state index is 0.0618. The molecule has 0 bridgehead atoms. The maximum absolute atomic E-state index is 6.07. The van der Waals surface area contributed by atoms with Gasteiger partial charge in [-0.3, -0.25) is 0 Å². The molecule has 1 fully saturated rings. The van der Waals surface area contributed by atoms with Gasteiger partial charge in [0, 0.05) is 17.1 Å². The molecule has 1 aliphatic heterocycles. The van der Waals surface area contributed by atoms with Crippen molar-refractivity contribution in [3.05, 3.63) is 22.4 Å². The van der Waals surface area contributed by atoms with Gasteiger partial charge in [-0.25, -0.2) is 0 Å². The lowest BCUT2D eigenvalue weighted by Crippen LogP contribution is -2.36. The molecule has 26 heavy (non-hydrogen) atoms. The third-order valence-corrected chi connectivity index (χ3v) is 5.07. The van der Waals surface area contributed by atoms with Crippen LogP contribution in [0.1, 0.15) is 4.88 Å². The second-order valence-electron chi connectivity index (χ2n) is 5.73. The summed E-state index contributed by atoms with van der Waals surface area (Å²) in [5.74, 6) is 0.591. The Morgan fingerprint density at radius 3 is 1.73 bits per heavy atom. The van der Waals surface area contributed by atoms with Crippen LogP contribution in [0.15, 0.2) is 17.5 Å². The minimum Gasteiger partial charge on any atom is -0.377 e. The van der Waals surface area contributed by atoms with Crippen LogP contribution in [-0.4, -0.2) is 84.0 Å². The fraction of sp³-hybridized carbons (Fsp3) is 0.778. The van der Waals surface area contributed by atoms with E-state index in [1.54, 1.807) is 11.3 Å². The molecule has 1 aliphatic rings. The summed E-state index contributed by atoms with van der Waals surface area (Å²) >= 11 is 6.18. The predicted octanol–water partition coefficient (Wildman–Crippen LogP) is 2.07. The average molecular weight is 407 g/mol. The Hall–Kier alpha value is -0.190. The molecule has 8 heteroatoms. The SMILES string of the molecule is SCC1OCCOCCOCCOCCOCCOC1Cc1cccs1. The molecule has 0 N–H and O–H groups in total. The molecule has 0 aliphatic carbocycles. The van der Waals surface area contributed by atoms with Crippen molar-refractivity contribution in [2.24, 2.45) is 0 Å². The standard InChI is InChI=1S/C18H30O6S2/c25-15-18-17(14-16-2-1-13-26-16)23-11-9-21-7-5-19-3-4-20-6-8-22-10-12-24-18/h1-2,13,17-18,25H,3-12,14-15H2. The molecule has 0 spiro atoms. The monoisotopic (exact) mass is 406 g/mol. The topological polar surface area (TPSA) is 55.4 Å². The van der Waals surface area contributed by atoms with Crippen LogP contribution in [0, 0.1) is 0 Å². The van der Waals surface area contributed by atoms with Gasteiger partial charge in [0.05, 0.1) is 78.3 Å². The van der Waals surface area contributed by atoms with Crippen molar-refractivity contribution in [2.45, 2.75) is 18.6 Å². The zero-order valence-corrected chi connectivity index (χ0v) is 16.9. The molecule has 1 saturated heterocycles. The second-order valence-corrected chi connectivity index (χ2v) is 7.13. The van der Waals surface area contributed by atoms with E-state index in [4.69, 9.17) is 28.4 Å². The molecule has 0 amide bonds. The number of hydrogen-bond acceptors (Lipinski definition) is 8. The molecule has 2 heterocycles. The van der Waals surface area contributed by atoms with E-state index in [1.165, 1.54) is 4.88 Å². The first-order valence-corrected chi connectivity index (χ1v) is 10.6. The van der Waals surface area contributed by atoms with Crippen molar-refractivity contribution >= 4 is 24.0 Å². The van der Waals surface area contributed by atoms with Crippen LogP contribution in [-0.2, 0) is 34.8 Å². The molecule has 0 saturated carbocycles. The van der Waals surface area contributed by atoms with Crippen molar-refractivity contribution in [3.63, 3.8) is 0 Å². The number of ether oxygens (including phenoxy) is 6. The highest BCUT2D eigenvalue weighted by atomic mass is 32.1. The van der Waals surface area contributed by atoms with Crippen LogP contribution >= 0.6 is 24.0 Å². The maximum Gasteiger partial charge on any atom is 0.0928 e. The fourth-order valence-electron chi connectivity index (χ4n) is 2.48. The maximum atomic E-state index is 6.07. The van der Waals surface area contributed by atoms with Crippen LogP contribution in [0.25, 0.3) is 0 Å². The van der Waals surface area contributed by atoms with E-state index in [9.17, 15) is 0 Å². The molecule has 2 atom stereocenters. The third-order valence-electron chi connectivity index (χ3n) is 3.81. The Morgan fingerprint density at radius 2 is 1.27 bits per heavy atom. The number of hydrogen-bond donors (Lipinski definition) is 1. The highest BCUT2D eigenvalue weighted by Crippen LogP contribution is 2.17. The number of rotatable bonds is 3. The van der Waals surface area contributed by atoms with Crippen molar-refractivity contribution in [1.82, 2.24) is 0 Å². The van der Waals surface area contributed by atoms with E-state index in [2.05, 4.69) is 30.1 Å². The van der Waals surface area contributed by atoms with Gasteiger partial charge >= 0.3 is 0 Å². The smallest absolute Gasteiger partial charge is 0.0928 e. The van der Waals surface area contributed by atoms with Gasteiger partial charge in [-0.05, 0) is 11.4 Å². The molecule has 1 aromatic heterocycles. The Kier molecular flexibility index (Phi) is 12.6. The van der Waals surface area contributed by atoms with E-state index >= 15 is 0 Å². The summed E-state index contributed by atoms with van der Waals surface area (Å²) < 4.78 is 34.0. The largest absolute Gasteiger partial charge is 0.377 e. The van der Waals surface area contributed by atoms with Gasteiger partial charge in [0.15, 0.2) is 0 Å². The van der Waals surface area contributed by atoms with Crippen molar-refractivity contribution < 1.29 is 28.4 Å². The number of thiophene rings is 1. The second kappa shape index (κ2) is 14.8. The zero-order valence-electron chi connectivity index (χ0n) is 15.2. The van der Waals surface area contributed by atoms with E-state index in [0.29, 0.717) is 71.8 Å². The number of thiol groups is 1. The average Bonchev–Trinajstić information content (AvgIpc) is 3.16. The Labute approximate surface area is 165 Å². The Bertz CT molecular complexity index is 431. The van der Waals surface area contributed by atoms with E-state index < -0.39 is 0 Å². The highest BCUT2D eigenvalue weighted by molar-refractivity contribution is 7.80. The van der Waals surface area contributed by atoms with Crippen LogP contribution in [0.3, 0.4) is 0 Å². The van der Waals surface area contributed by atoms with Gasteiger partial charge in [0.25, 0.3) is 0 Å². The van der Waals surface area contributed by atoms with Crippen molar-refractivity contribution in [1.29, 1.82) is 0 Å². The van der Waals surface area contributed by atoms with Crippen LogP contribution in [0.2, 0.25) is 0 Å². The molecular weight excluding hydrogens is 376 g/mol. The van der Waals surface area contributed by atoms with Gasteiger partial charge in [-0.15, -0.1) is 11.3 Å². The van der Waals surface area contributed by atoms with Crippen LogP contribution in [0.5, 0.6) is 0 Å². The minimum atomic E-state index is -0.0949. The van der Waals surface area contributed by atoms with E-state index in [0.717, 1.165) is 6.42 Å². The first-order chi connectivity index (χ1) is 12.9. The lowest BCUT2D eigenvalue weighted by molar-refractivity contribution is -0.0900. The summed E-state index contributed by atoms with van der Waals surface area (Å²) in [7, 11) is 0. The molecule has 2 rings (SSSR count). The molecule has 0 radical (unpaired) electrons. The highest BCUT2D eigenvalue weighted by Gasteiger charge is 2.23. The lowest BCUT2D eigenvalue weighted by Gasteiger charge is -2.26. The molecular formula is C18H30O6S2. The fourth-order valence-corrected chi connectivity index (χ4v) is 3.57. The molecule has 6 nitrogen and oxygen atoms in total. The van der Waals surface area contributed by atoms with Crippen molar-refractivity contribution in [3.8, 4) is 0 Å². The summed E-state index contributed by atoms with van der Waals surface area (Å²) in [6.07, 6.45) is 0.650. The van der Waals surface area contributed by atoms with Gasteiger partial charge in [-0.2, -0.15) is 12.6 Å². The normalized spacial score (nSPS) is 26.0. The molecule has 2 unspecified atom stereocenters. The van der Waals surface area contributed by atoms with Crippen molar-refractivity contribution in [2.75, 3.05) is 71.8 Å². The zero-order chi connectivity index (χ0) is 18.3. The summed E-state index contributed by atoms with van der Waals surface area (Å²) in [4.78, 5) is 1.27. The summed E-state index contributed by atoms with van der Waals surface area (Å²) in [5, 5.41) is 2.08. The van der Waals surface area contributed by atoms with Gasteiger partial charge in [0.2, 0.25) is 0 Å². The predicted molar refractivity (Wildman–Crippen MR) is 105 cm³/mol. The molecule has 150 valence electrons. The van der Waals surface area contributed by atoms with Gasteiger partial charge in [-0.1, -0.05) is 6.07 Å².